The van der Waals surface area contributed by atoms with Gasteiger partial charge in [0.05, 0.1) is 0 Å². The van der Waals surface area contributed by atoms with Crippen molar-refractivity contribution in [3.05, 3.63) is 0 Å². The normalized spacial score (nSPS) is 8.67. The van der Waals surface area contributed by atoms with Crippen LogP contribution < -0.4 is 0 Å². The van der Waals surface area contributed by atoms with Gasteiger partial charge in [-0.1, -0.05) is 52.4 Å². The summed E-state index contributed by atoms with van der Waals surface area (Å²) in [7, 11) is 0. The van der Waals surface area contributed by atoms with E-state index in [-0.39, 0.29) is 21.1 Å². The summed E-state index contributed by atoms with van der Waals surface area (Å²) < 4.78 is 0. The molecule has 0 aliphatic carbocycles. The van der Waals surface area contributed by atoms with Gasteiger partial charge in [0.2, 0.25) is 0 Å². The molecule has 0 nitrogen and oxygen atoms in total. The molecule has 60 valence electrons. The number of hydrogen-bond acceptors (Lipinski definition) is 0. The van der Waals surface area contributed by atoms with Crippen LogP contribution in [-0.4, -0.2) is 0 Å². The molecule has 0 saturated carbocycles. The van der Waals surface area contributed by atoms with Gasteiger partial charge in [0.15, 0.2) is 0 Å². The van der Waals surface area contributed by atoms with E-state index in [1.54, 1.807) is 0 Å². The van der Waals surface area contributed by atoms with Crippen molar-refractivity contribution in [1.29, 1.82) is 0 Å². The molecule has 0 atom stereocenters. The second-order valence-corrected chi connectivity index (χ2v) is 2.41. The Morgan fingerprint density at radius 2 is 1.00 bits per heavy atom. The molecule has 9 heavy (non-hydrogen) atoms. The number of hydrogen-bond donors (Lipinski definition) is 0. The minimum absolute atomic E-state index is 0. The summed E-state index contributed by atoms with van der Waals surface area (Å²) in [6.45, 7) is 4.51. The van der Waals surface area contributed by atoms with E-state index in [1.807, 2.05) is 0 Å². The molecule has 0 N–H and O–H groups in total. The minimum atomic E-state index is 0. The standard InChI is InChI=1S/C8H18.Pt/c1-3-5-7-8-6-4-2;/h3-8H2,1-2H3;. The monoisotopic (exact) mass is 309 g/mol. The van der Waals surface area contributed by atoms with E-state index in [9.17, 15) is 0 Å². The number of unbranched alkanes of at least 4 members (excludes halogenated alkanes) is 5. The third-order valence-electron chi connectivity index (χ3n) is 1.46. The van der Waals surface area contributed by atoms with E-state index in [4.69, 9.17) is 0 Å². The molecule has 0 amide bonds. The molecule has 0 bridgehead atoms. The van der Waals surface area contributed by atoms with Crippen LogP contribution >= 0.6 is 0 Å². The Kier molecular flexibility index (Phi) is 15.8. The van der Waals surface area contributed by atoms with Crippen molar-refractivity contribution >= 4 is 0 Å². The van der Waals surface area contributed by atoms with Crippen LogP contribution in [0, 0.1) is 0 Å². The molecule has 0 aliphatic heterocycles. The zero-order valence-corrected chi connectivity index (χ0v) is 8.83. The molecule has 0 heterocycles. The molecule has 0 radical (unpaired) electrons. The van der Waals surface area contributed by atoms with Gasteiger partial charge in [-0.25, -0.2) is 0 Å². The van der Waals surface area contributed by atoms with Gasteiger partial charge >= 0.3 is 0 Å². The van der Waals surface area contributed by atoms with Crippen molar-refractivity contribution in [2.45, 2.75) is 52.4 Å². The van der Waals surface area contributed by atoms with Crippen molar-refractivity contribution in [3.8, 4) is 0 Å². The first-order valence-corrected chi connectivity index (χ1v) is 3.91. The Balaban J connectivity index is 0. The predicted octanol–water partition coefficient (Wildman–Crippen LogP) is 3.36. The first-order valence-electron chi connectivity index (χ1n) is 3.91. The zero-order chi connectivity index (χ0) is 6.24. The van der Waals surface area contributed by atoms with Gasteiger partial charge in [-0.2, -0.15) is 0 Å². The van der Waals surface area contributed by atoms with Gasteiger partial charge in [0.25, 0.3) is 0 Å². The van der Waals surface area contributed by atoms with E-state index in [2.05, 4.69) is 13.8 Å². The first kappa shape index (κ1) is 12.4. The van der Waals surface area contributed by atoms with E-state index in [1.165, 1.54) is 38.5 Å². The predicted molar refractivity (Wildman–Crippen MR) is 39.0 cm³/mol. The summed E-state index contributed by atoms with van der Waals surface area (Å²) in [5, 5.41) is 0. The molecular weight excluding hydrogens is 291 g/mol. The molecule has 0 aliphatic rings. The van der Waals surface area contributed by atoms with Crippen molar-refractivity contribution in [2.75, 3.05) is 0 Å². The fourth-order valence-electron chi connectivity index (χ4n) is 0.854. The summed E-state index contributed by atoms with van der Waals surface area (Å²) in [5.74, 6) is 0. The minimum Gasteiger partial charge on any atom is -0.0654 e. The van der Waals surface area contributed by atoms with Crippen molar-refractivity contribution in [3.63, 3.8) is 0 Å². The van der Waals surface area contributed by atoms with E-state index >= 15 is 0 Å². The average molecular weight is 309 g/mol. The molecule has 0 spiro atoms. The molecule has 0 aromatic rings. The molecule has 0 saturated heterocycles. The van der Waals surface area contributed by atoms with Crippen LogP contribution in [-0.2, 0) is 21.1 Å². The Morgan fingerprint density at radius 3 is 1.22 bits per heavy atom. The van der Waals surface area contributed by atoms with Crippen molar-refractivity contribution < 1.29 is 21.1 Å². The summed E-state index contributed by atoms with van der Waals surface area (Å²) in [6.07, 6.45) is 8.49. The van der Waals surface area contributed by atoms with Gasteiger partial charge < -0.3 is 0 Å². The van der Waals surface area contributed by atoms with E-state index in [0.29, 0.717) is 0 Å². The third-order valence-corrected chi connectivity index (χ3v) is 1.46. The topological polar surface area (TPSA) is 0 Å². The SMILES string of the molecule is CCCCCCCC.[Pt]. The molecular formula is C8H18Pt. The van der Waals surface area contributed by atoms with Crippen LogP contribution in [0.1, 0.15) is 52.4 Å². The average Bonchev–Trinajstić information content (AvgIpc) is 1.81. The molecule has 1 heteroatoms. The van der Waals surface area contributed by atoms with Crippen LogP contribution in [0.15, 0.2) is 0 Å². The Morgan fingerprint density at radius 1 is 0.667 bits per heavy atom. The van der Waals surface area contributed by atoms with Crippen LogP contribution in [0.5, 0.6) is 0 Å². The van der Waals surface area contributed by atoms with Gasteiger partial charge in [-0.05, 0) is 0 Å². The number of rotatable bonds is 5. The summed E-state index contributed by atoms with van der Waals surface area (Å²) in [4.78, 5) is 0. The fourth-order valence-corrected chi connectivity index (χ4v) is 0.854. The summed E-state index contributed by atoms with van der Waals surface area (Å²) >= 11 is 0. The van der Waals surface area contributed by atoms with Crippen molar-refractivity contribution in [2.24, 2.45) is 0 Å². The summed E-state index contributed by atoms with van der Waals surface area (Å²) in [5.41, 5.74) is 0. The second-order valence-electron chi connectivity index (χ2n) is 2.41. The fraction of sp³-hybridized carbons (Fsp3) is 1.00. The first-order chi connectivity index (χ1) is 3.91. The maximum Gasteiger partial charge on any atom is 0 e. The van der Waals surface area contributed by atoms with Crippen LogP contribution in [0.25, 0.3) is 0 Å². The zero-order valence-electron chi connectivity index (χ0n) is 6.56. The summed E-state index contributed by atoms with van der Waals surface area (Å²) in [6, 6.07) is 0. The quantitative estimate of drug-likeness (QED) is 0.683. The van der Waals surface area contributed by atoms with Crippen LogP contribution in [0.3, 0.4) is 0 Å². The molecule has 0 unspecified atom stereocenters. The van der Waals surface area contributed by atoms with Gasteiger partial charge in [0.1, 0.15) is 0 Å². The molecule has 0 aromatic carbocycles. The van der Waals surface area contributed by atoms with E-state index < -0.39 is 0 Å². The molecule has 0 aromatic heterocycles. The Labute approximate surface area is 73.7 Å². The maximum atomic E-state index is 2.26. The van der Waals surface area contributed by atoms with Gasteiger partial charge in [0, 0.05) is 21.1 Å². The second kappa shape index (κ2) is 11.5. The van der Waals surface area contributed by atoms with Gasteiger partial charge in [-0.15, -0.1) is 0 Å². The third kappa shape index (κ3) is 12.0. The molecule has 0 fully saturated rings. The van der Waals surface area contributed by atoms with Gasteiger partial charge in [-0.3, -0.25) is 0 Å². The Bertz CT molecular complexity index is 29.5. The van der Waals surface area contributed by atoms with Crippen LogP contribution in [0.2, 0.25) is 0 Å². The largest absolute Gasteiger partial charge is 0.0654 e. The maximum absolute atomic E-state index is 2.26. The van der Waals surface area contributed by atoms with E-state index in [0.717, 1.165) is 0 Å². The smallest absolute Gasteiger partial charge is 0 e. The van der Waals surface area contributed by atoms with Crippen molar-refractivity contribution in [1.82, 2.24) is 0 Å². The molecule has 0 rings (SSSR count). The Hall–Kier alpha value is 0.688. The van der Waals surface area contributed by atoms with Crippen LogP contribution in [0.4, 0.5) is 0 Å².